The van der Waals surface area contributed by atoms with Gasteiger partial charge in [-0.05, 0) is 50.4 Å². The van der Waals surface area contributed by atoms with Gasteiger partial charge in [0, 0.05) is 12.1 Å². The van der Waals surface area contributed by atoms with Gasteiger partial charge in [0.1, 0.15) is 0 Å². The van der Waals surface area contributed by atoms with E-state index in [9.17, 15) is 0 Å². The van der Waals surface area contributed by atoms with Gasteiger partial charge in [0.15, 0.2) is 0 Å². The quantitative estimate of drug-likeness (QED) is 0.785. The normalized spacial score (nSPS) is 27.0. The van der Waals surface area contributed by atoms with Gasteiger partial charge in [-0.15, -0.1) is 0 Å². The van der Waals surface area contributed by atoms with Crippen molar-refractivity contribution < 1.29 is 0 Å². The lowest BCUT2D eigenvalue weighted by atomic mass is 9.79. The number of nitrogens with two attached hydrogens (primary N) is 2. The molecule has 2 nitrogen and oxygen atoms in total. The van der Waals surface area contributed by atoms with Gasteiger partial charge in [0.2, 0.25) is 0 Å². The second-order valence-electron chi connectivity index (χ2n) is 6.70. The molecule has 0 amide bonds. The molecule has 0 bridgehead atoms. The molecule has 0 aromatic carbocycles. The summed E-state index contributed by atoms with van der Waals surface area (Å²) < 4.78 is 0. The maximum absolute atomic E-state index is 6.37. The van der Waals surface area contributed by atoms with E-state index in [0.29, 0.717) is 12.1 Å². The fraction of sp³-hybridized carbons (Fsp3) is 1.00. The predicted molar refractivity (Wildman–Crippen MR) is 78.3 cm³/mol. The Bertz CT molecular complexity index is 193. The van der Waals surface area contributed by atoms with Crippen LogP contribution in [0.3, 0.4) is 0 Å². The van der Waals surface area contributed by atoms with Gasteiger partial charge < -0.3 is 11.5 Å². The molecule has 18 heavy (non-hydrogen) atoms. The highest BCUT2D eigenvalue weighted by Gasteiger charge is 2.24. The van der Waals surface area contributed by atoms with Gasteiger partial charge in [-0.25, -0.2) is 0 Å². The van der Waals surface area contributed by atoms with Crippen LogP contribution in [0.4, 0.5) is 0 Å². The summed E-state index contributed by atoms with van der Waals surface area (Å²) in [7, 11) is 0. The number of rotatable bonds is 5. The van der Waals surface area contributed by atoms with Crippen LogP contribution in [-0.4, -0.2) is 12.1 Å². The molecule has 4 N–H and O–H groups in total. The molecule has 0 saturated heterocycles. The fourth-order valence-corrected chi connectivity index (χ4v) is 3.98. The van der Waals surface area contributed by atoms with Gasteiger partial charge in [0.25, 0.3) is 0 Å². The highest BCUT2D eigenvalue weighted by atomic mass is 14.7. The summed E-state index contributed by atoms with van der Waals surface area (Å²) >= 11 is 0. The summed E-state index contributed by atoms with van der Waals surface area (Å²) in [6.45, 7) is 0. The van der Waals surface area contributed by atoms with Crippen LogP contribution in [0, 0.1) is 11.8 Å². The molecular formula is C16H32N2. The Kier molecular flexibility index (Phi) is 5.97. The minimum atomic E-state index is 0.417. The molecule has 0 radical (unpaired) electrons. The van der Waals surface area contributed by atoms with Crippen molar-refractivity contribution in [2.45, 2.75) is 89.1 Å². The highest BCUT2D eigenvalue weighted by Crippen LogP contribution is 2.30. The van der Waals surface area contributed by atoms with Crippen molar-refractivity contribution in [2.75, 3.05) is 0 Å². The van der Waals surface area contributed by atoms with E-state index in [4.69, 9.17) is 11.5 Å². The SMILES string of the molecule is N[C@H](CC[C@@H](N)C1CCCCC1)C1CCCCC1. The lowest BCUT2D eigenvalue weighted by Crippen LogP contribution is -2.36. The molecule has 106 valence electrons. The molecule has 0 aromatic heterocycles. The van der Waals surface area contributed by atoms with Gasteiger partial charge >= 0.3 is 0 Å². The first kappa shape index (κ1) is 14.3. The molecule has 0 aliphatic heterocycles. The van der Waals surface area contributed by atoms with E-state index in [1.165, 1.54) is 64.2 Å². The Morgan fingerprint density at radius 1 is 0.611 bits per heavy atom. The summed E-state index contributed by atoms with van der Waals surface area (Å²) in [5.41, 5.74) is 12.7. The van der Waals surface area contributed by atoms with E-state index in [2.05, 4.69) is 0 Å². The van der Waals surface area contributed by atoms with E-state index in [0.717, 1.165) is 24.7 Å². The summed E-state index contributed by atoms with van der Waals surface area (Å²) in [6, 6.07) is 0.833. The molecule has 2 heteroatoms. The summed E-state index contributed by atoms with van der Waals surface area (Å²) in [5.74, 6) is 1.58. The van der Waals surface area contributed by atoms with E-state index >= 15 is 0 Å². The van der Waals surface area contributed by atoms with Crippen LogP contribution in [0.2, 0.25) is 0 Å². The third kappa shape index (κ3) is 4.24. The molecule has 0 heterocycles. The van der Waals surface area contributed by atoms with Crippen molar-refractivity contribution in [3.8, 4) is 0 Å². The molecule has 2 aliphatic carbocycles. The Morgan fingerprint density at radius 3 is 1.28 bits per heavy atom. The fourth-order valence-electron chi connectivity index (χ4n) is 3.98. The average molecular weight is 252 g/mol. The maximum atomic E-state index is 6.37. The zero-order valence-corrected chi connectivity index (χ0v) is 11.9. The van der Waals surface area contributed by atoms with E-state index < -0.39 is 0 Å². The van der Waals surface area contributed by atoms with E-state index in [1.54, 1.807) is 0 Å². The van der Waals surface area contributed by atoms with E-state index in [-0.39, 0.29) is 0 Å². The Labute approximate surface area is 113 Å². The standard InChI is InChI=1S/C16H32N2/c17-15(13-7-3-1-4-8-13)11-12-16(18)14-9-5-2-6-10-14/h13-16H,1-12,17-18H2/t15-,16-/m1/s1. The second kappa shape index (κ2) is 7.49. The van der Waals surface area contributed by atoms with E-state index in [1.807, 2.05) is 0 Å². The predicted octanol–water partition coefficient (Wildman–Crippen LogP) is 3.58. The van der Waals surface area contributed by atoms with Crippen LogP contribution in [0.5, 0.6) is 0 Å². The van der Waals surface area contributed by atoms with Crippen LogP contribution in [0.15, 0.2) is 0 Å². The van der Waals surface area contributed by atoms with Gasteiger partial charge in [-0.3, -0.25) is 0 Å². The van der Waals surface area contributed by atoms with Crippen LogP contribution in [-0.2, 0) is 0 Å². The van der Waals surface area contributed by atoms with Crippen molar-refractivity contribution in [3.05, 3.63) is 0 Å². The smallest absolute Gasteiger partial charge is 0.00677 e. The topological polar surface area (TPSA) is 52.0 Å². The van der Waals surface area contributed by atoms with Crippen molar-refractivity contribution >= 4 is 0 Å². The van der Waals surface area contributed by atoms with Crippen LogP contribution in [0.1, 0.15) is 77.0 Å². The van der Waals surface area contributed by atoms with Crippen molar-refractivity contribution in [1.29, 1.82) is 0 Å². The van der Waals surface area contributed by atoms with Crippen molar-refractivity contribution in [1.82, 2.24) is 0 Å². The van der Waals surface area contributed by atoms with Crippen LogP contribution in [0.25, 0.3) is 0 Å². The molecule has 0 spiro atoms. The van der Waals surface area contributed by atoms with Gasteiger partial charge in [-0.1, -0.05) is 38.5 Å². The first-order valence-corrected chi connectivity index (χ1v) is 8.28. The minimum Gasteiger partial charge on any atom is -0.327 e. The lowest BCUT2D eigenvalue weighted by Gasteiger charge is -2.31. The molecule has 2 rings (SSSR count). The van der Waals surface area contributed by atoms with Crippen molar-refractivity contribution in [3.63, 3.8) is 0 Å². The molecule has 2 aliphatic rings. The monoisotopic (exact) mass is 252 g/mol. The zero-order valence-electron chi connectivity index (χ0n) is 11.9. The zero-order chi connectivity index (χ0) is 12.8. The first-order valence-electron chi connectivity index (χ1n) is 8.28. The highest BCUT2D eigenvalue weighted by molar-refractivity contribution is 4.81. The molecule has 0 aromatic rings. The number of hydrogen-bond acceptors (Lipinski definition) is 2. The average Bonchev–Trinajstić information content (AvgIpc) is 2.46. The molecular weight excluding hydrogens is 220 g/mol. The van der Waals surface area contributed by atoms with Crippen molar-refractivity contribution in [2.24, 2.45) is 23.3 Å². The van der Waals surface area contributed by atoms with Gasteiger partial charge in [0.05, 0.1) is 0 Å². The Hall–Kier alpha value is -0.0800. The molecule has 2 fully saturated rings. The minimum absolute atomic E-state index is 0.417. The Balaban J connectivity index is 1.66. The third-order valence-corrected chi connectivity index (χ3v) is 5.34. The third-order valence-electron chi connectivity index (χ3n) is 5.34. The maximum Gasteiger partial charge on any atom is 0.00677 e. The summed E-state index contributed by atoms with van der Waals surface area (Å²) in [5, 5.41) is 0. The van der Waals surface area contributed by atoms with Crippen LogP contribution >= 0.6 is 0 Å². The Morgan fingerprint density at radius 2 is 0.944 bits per heavy atom. The molecule has 2 saturated carbocycles. The summed E-state index contributed by atoms with van der Waals surface area (Å²) in [4.78, 5) is 0. The first-order chi connectivity index (χ1) is 8.77. The summed E-state index contributed by atoms with van der Waals surface area (Å²) in [6.07, 6.45) is 16.2. The largest absolute Gasteiger partial charge is 0.327 e. The number of hydrogen-bond donors (Lipinski definition) is 2. The lowest BCUT2D eigenvalue weighted by molar-refractivity contribution is 0.258. The second-order valence-corrected chi connectivity index (χ2v) is 6.70. The molecule has 2 atom stereocenters. The molecule has 0 unspecified atom stereocenters. The van der Waals surface area contributed by atoms with Gasteiger partial charge in [-0.2, -0.15) is 0 Å². The van der Waals surface area contributed by atoms with Crippen LogP contribution < -0.4 is 11.5 Å².